The van der Waals surface area contributed by atoms with E-state index < -0.39 is 0 Å². The van der Waals surface area contributed by atoms with E-state index in [0.717, 1.165) is 25.1 Å². The molecule has 1 aromatic rings. The summed E-state index contributed by atoms with van der Waals surface area (Å²) in [6, 6.07) is 7.81. The molecule has 0 spiro atoms. The molecule has 1 aliphatic rings. The summed E-state index contributed by atoms with van der Waals surface area (Å²) >= 11 is 6.00. The molecule has 0 unspecified atom stereocenters. The van der Waals surface area contributed by atoms with E-state index in [9.17, 15) is 4.79 Å². The first-order chi connectivity index (χ1) is 10.7. The molecule has 6 heteroatoms. The Hall–Kier alpha value is -1.59. The lowest BCUT2D eigenvalue weighted by atomic mass is 10.2. The van der Waals surface area contributed by atoms with Gasteiger partial charge in [-0.1, -0.05) is 41.9 Å². The van der Waals surface area contributed by atoms with Gasteiger partial charge in [0.05, 0.1) is 0 Å². The summed E-state index contributed by atoms with van der Waals surface area (Å²) in [7, 11) is 0. The molecule has 1 aliphatic heterocycles. The third kappa shape index (κ3) is 5.00. The Morgan fingerprint density at radius 1 is 1.55 bits per heavy atom. The Morgan fingerprint density at radius 2 is 2.36 bits per heavy atom. The molecule has 0 aromatic heterocycles. The third-order valence-electron chi connectivity index (χ3n) is 3.84. The summed E-state index contributed by atoms with van der Waals surface area (Å²) in [5, 5.41) is 7.17. The van der Waals surface area contributed by atoms with E-state index in [-0.39, 0.29) is 12.5 Å². The first-order valence-electron chi connectivity index (χ1n) is 7.61. The van der Waals surface area contributed by atoms with E-state index in [0.29, 0.717) is 17.6 Å². The first-order valence-corrected chi connectivity index (χ1v) is 7.99. The van der Waals surface area contributed by atoms with Crippen molar-refractivity contribution in [2.45, 2.75) is 32.4 Å². The molecule has 120 valence electrons. The van der Waals surface area contributed by atoms with E-state index in [4.69, 9.17) is 16.4 Å². The SMILES string of the molecule is CCN1CCC[C@H]1CNC(=O)/C=N/OCc1ccccc1Cl. The van der Waals surface area contributed by atoms with Gasteiger partial charge in [0.1, 0.15) is 12.8 Å². The highest BCUT2D eigenvalue weighted by Crippen LogP contribution is 2.16. The van der Waals surface area contributed by atoms with Crippen LogP contribution in [0.4, 0.5) is 0 Å². The highest BCUT2D eigenvalue weighted by molar-refractivity contribution is 6.31. The van der Waals surface area contributed by atoms with E-state index in [1.165, 1.54) is 12.6 Å². The normalized spacial score (nSPS) is 18.7. The van der Waals surface area contributed by atoms with Crippen LogP contribution >= 0.6 is 11.6 Å². The molecular formula is C16H22ClN3O2. The van der Waals surface area contributed by atoms with Gasteiger partial charge in [-0.15, -0.1) is 0 Å². The summed E-state index contributed by atoms with van der Waals surface area (Å²) < 4.78 is 0. The van der Waals surface area contributed by atoms with E-state index in [1.807, 2.05) is 18.2 Å². The zero-order valence-electron chi connectivity index (χ0n) is 12.8. The number of hydrogen-bond donors (Lipinski definition) is 1. The highest BCUT2D eigenvalue weighted by Gasteiger charge is 2.22. The van der Waals surface area contributed by atoms with Gasteiger partial charge < -0.3 is 10.2 Å². The monoisotopic (exact) mass is 323 g/mol. The Kier molecular flexibility index (Phi) is 6.68. The van der Waals surface area contributed by atoms with Crippen LogP contribution in [-0.4, -0.2) is 42.7 Å². The predicted octanol–water partition coefficient (Wildman–Crippen LogP) is 2.44. The molecular weight excluding hydrogens is 302 g/mol. The second-order valence-electron chi connectivity index (χ2n) is 5.27. The largest absolute Gasteiger partial charge is 0.391 e. The molecule has 1 aromatic carbocycles. The van der Waals surface area contributed by atoms with Crippen LogP contribution in [0, 0.1) is 0 Å². The van der Waals surface area contributed by atoms with Gasteiger partial charge in [0.2, 0.25) is 0 Å². The van der Waals surface area contributed by atoms with Crippen molar-refractivity contribution < 1.29 is 9.63 Å². The number of halogens is 1. The summed E-state index contributed by atoms with van der Waals surface area (Å²) in [6.45, 7) is 5.19. The fourth-order valence-corrected chi connectivity index (χ4v) is 2.80. The Balaban J connectivity index is 1.67. The van der Waals surface area contributed by atoms with E-state index >= 15 is 0 Å². The van der Waals surface area contributed by atoms with Crippen LogP contribution < -0.4 is 5.32 Å². The number of oxime groups is 1. The van der Waals surface area contributed by atoms with Crippen LogP contribution in [-0.2, 0) is 16.2 Å². The average molecular weight is 324 g/mol. The maximum atomic E-state index is 11.7. The molecule has 1 saturated heterocycles. The maximum absolute atomic E-state index is 11.7. The molecule has 2 rings (SSSR count). The lowest BCUT2D eigenvalue weighted by Gasteiger charge is -2.22. The van der Waals surface area contributed by atoms with Crippen LogP contribution in [0.15, 0.2) is 29.4 Å². The van der Waals surface area contributed by atoms with Crippen molar-refractivity contribution in [2.24, 2.45) is 5.16 Å². The second-order valence-corrected chi connectivity index (χ2v) is 5.68. The predicted molar refractivity (Wildman–Crippen MR) is 88.0 cm³/mol. The lowest BCUT2D eigenvalue weighted by molar-refractivity contribution is -0.114. The van der Waals surface area contributed by atoms with Crippen molar-refractivity contribution in [2.75, 3.05) is 19.6 Å². The fraction of sp³-hybridized carbons (Fsp3) is 0.500. The summed E-state index contributed by atoms with van der Waals surface area (Å²) in [6.07, 6.45) is 3.50. The van der Waals surface area contributed by atoms with E-state index in [1.54, 1.807) is 6.07 Å². The fourth-order valence-electron chi connectivity index (χ4n) is 2.61. The minimum absolute atomic E-state index is 0.234. The van der Waals surface area contributed by atoms with Gasteiger partial charge >= 0.3 is 0 Å². The number of carbonyl (C=O) groups excluding carboxylic acids is 1. The zero-order chi connectivity index (χ0) is 15.8. The molecule has 1 atom stereocenters. The van der Waals surface area contributed by atoms with Crippen LogP contribution in [0.25, 0.3) is 0 Å². The standard InChI is InChI=1S/C16H22ClN3O2/c1-2-20-9-5-7-14(20)10-18-16(21)11-19-22-12-13-6-3-4-8-15(13)17/h3-4,6,8,11,14H,2,5,7,9-10,12H2,1H3,(H,18,21)/b19-11+/t14-/m0/s1. The topological polar surface area (TPSA) is 53.9 Å². The summed E-state index contributed by atoms with van der Waals surface area (Å²) in [5.41, 5.74) is 0.839. The Morgan fingerprint density at radius 3 is 3.14 bits per heavy atom. The Labute approximate surface area is 136 Å². The molecule has 1 fully saturated rings. The number of likely N-dealkylation sites (N-methyl/N-ethyl adjacent to an activating group) is 1. The van der Waals surface area contributed by atoms with Crippen molar-refractivity contribution in [3.63, 3.8) is 0 Å². The smallest absolute Gasteiger partial charge is 0.265 e. The second kappa shape index (κ2) is 8.76. The molecule has 1 amide bonds. The number of carbonyl (C=O) groups is 1. The third-order valence-corrected chi connectivity index (χ3v) is 4.21. The summed E-state index contributed by atoms with van der Waals surface area (Å²) in [5.74, 6) is -0.234. The molecule has 0 radical (unpaired) electrons. The van der Waals surface area contributed by atoms with Gasteiger partial charge in [0, 0.05) is 23.2 Å². The molecule has 0 aliphatic carbocycles. The van der Waals surface area contributed by atoms with E-state index in [2.05, 4.69) is 22.3 Å². The van der Waals surface area contributed by atoms with Gasteiger partial charge in [0.25, 0.3) is 5.91 Å². The molecule has 0 bridgehead atoms. The molecule has 5 nitrogen and oxygen atoms in total. The number of likely N-dealkylation sites (tertiary alicyclic amines) is 1. The van der Waals surface area contributed by atoms with Crippen LogP contribution in [0.3, 0.4) is 0 Å². The van der Waals surface area contributed by atoms with Crippen molar-refractivity contribution in [1.29, 1.82) is 0 Å². The first kappa shape index (κ1) is 16.8. The zero-order valence-corrected chi connectivity index (χ0v) is 13.6. The molecule has 22 heavy (non-hydrogen) atoms. The minimum Gasteiger partial charge on any atom is -0.391 e. The molecule has 1 heterocycles. The van der Waals surface area contributed by atoms with Crippen molar-refractivity contribution >= 4 is 23.7 Å². The molecule has 1 N–H and O–H groups in total. The van der Waals surface area contributed by atoms with Crippen LogP contribution in [0.5, 0.6) is 0 Å². The molecule has 0 saturated carbocycles. The van der Waals surface area contributed by atoms with Crippen LogP contribution in [0.1, 0.15) is 25.3 Å². The van der Waals surface area contributed by atoms with Gasteiger partial charge in [-0.25, -0.2) is 0 Å². The highest BCUT2D eigenvalue weighted by atomic mass is 35.5. The lowest BCUT2D eigenvalue weighted by Crippen LogP contribution is -2.40. The number of amides is 1. The van der Waals surface area contributed by atoms with Crippen molar-refractivity contribution in [3.8, 4) is 0 Å². The number of nitrogens with one attached hydrogen (secondary N) is 1. The maximum Gasteiger partial charge on any atom is 0.265 e. The van der Waals surface area contributed by atoms with Crippen molar-refractivity contribution in [3.05, 3.63) is 34.9 Å². The average Bonchev–Trinajstić information content (AvgIpc) is 2.98. The quantitative estimate of drug-likeness (QED) is 0.619. The Bertz CT molecular complexity index is 522. The van der Waals surface area contributed by atoms with Gasteiger partial charge in [0.15, 0.2) is 0 Å². The van der Waals surface area contributed by atoms with Crippen molar-refractivity contribution in [1.82, 2.24) is 10.2 Å². The van der Waals surface area contributed by atoms with Crippen LogP contribution in [0.2, 0.25) is 5.02 Å². The number of benzene rings is 1. The number of nitrogens with zero attached hydrogens (tertiary/aromatic N) is 2. The summed E-state index contributed by atoms with van der Waals surface area (Å²) in [4.78, 5) is 19.2. The number of rotatable bonds is 7. The van der Waals surface area contributed by atoms with Gasteiger partial charge in [-0.3, -0.25) is 9.69 Å². The van der Waals surface area contributed by atoms with Gasteiger partial charge in [-0.05, 0) is 32.0 Å². The minimum atomic E-state index is -0.234. The van der Waals surface area contributed by atoms with Gasteiger partial charge in [-0.2, -0.15) is 0 Å². The number of hydrogen-bond acceptors (Lipinski definition) is 4.